The fourth-order valence-corrected chi connectivity index (χ4v) is 3.53. The molecule has 2 N–H and O–H groups in total. The van der Waals surface area contributed by atoms with E-state index in [0.29, 0.717) is 5.92 Å². The van der Waals surface area contributed by atoms with Crippen molar-refractivity contribution in [2.75, 3.05) is 18.0 Å². The standard InChI is InChI=1S/C16H23BrN2O2/c1-16(2,3)14(18-15(20)21)11-7-8-19(10-11)13-6-4-5-12(17)9-13/h4-6,9,11,14,18H,7-8,10H2,1-3H3,(H,20,21). The van der Waals surface area contributed by atoms with E-state index in [1.807, 2.05) is 12.1 Å². The summed E-state index contributed by atoms with van der Waals surface area (Å²) in [4.78, 5) is 13.4. The van der Waals surface area contributed by atoms with Gasteiger partial charge < -0.3 is 15.3 Å². The number of nitrogens with one attached hydrogen (secondary N) is 1. The van der Waals surface area contributed by atoms with Crippen molar-refractivity contribution in [2.45, 2.75) is 33.2 Å². The van der Waals surface area contributed by atoms with Gasteiger partial charge in [0.2, 0.25) is 0 Å². The summed E-state index contributed by atoms with van der Waals surface area (Å²) in [6.07, 6.45) is 0.0742. The van der Waals surface area contributed by atoms with Gasteiger partial charge in [0.1, 0.15) is 0 Å². The van der Waals surface area contributed by atoms with Crippen molar-refractivity contribution in [3.8, 4) is 0 Å². The normalized spacial score (nSPS) is 20.4. The Hall–Kier alpha value is -1.23. The van der Waals surface area contributed by atoms with E-state index >= 15 is 0 Å². The molecule has 0 radical (unpaired) electrons. The van der Waals surface area contributed by atoms with Crippen molar-refractivity contribution >= 4 is 27.7 Å². The number of anilines is 1. The second-order valence-electron chi connectivity index (χ2n) is 6.77. The highest BCUT2D eigenvalue weighted by Gasteiger charge is 2.37. The number of rotatable bonds is 3. The summed E-state index contributed by atoms with van der Waals surface area (Å²) in [5.74, 6) is 0.333. The van der Waals surface area contributed by atoms with Gasteiger partial charge in [0, 0.05) is 29.3 Å². The fraction of sp³-hybridized carbons (Fsp3) is 0.562. The number of halogens is 1. The van der Waals surface area contributed by atoms with Crippen LogP contribution in [0.15, 0.2) is 28.7 Å². The molecule has 2 atom stereocenters. The molecule has 4 nitrogen and oxygen atoms in total. The molecule has 0 bridgehead atoms. The third-order valence-electron chi connectivity index (χ3n) is 4.08. The minimum absolute atomic E-state index is 0.0350. The van der Waals surface area contributed by atoms with Crippen molar-refractivity contribution in [1.29, 1.82) is 0 Å². The number of nitrogens with zero attached hydrogens (tertiary/aromatic N) is 1. The first-order chi connectivity index (χ1) is 9.77. The number of carboxylic acid groups (broad SMARTS) is 1. The Morgan fingerprint density at radius 1 is 1.48 bits per heavy atom. The first kappa shape index (κ1) is 16.1. The zero-order valence-electron chi connectivity index (χ0n) is 12.8. The van der Waals surface area contributed by atoms with Gasteiger partial charge in [-0.05, 0) is 36.0 Å². The summed E-state index contributed by atoms with van der Waals surface area (Å²) in [7, 11) is 0. The molecule has 0 saturated carbocycles. The maximum absolute atomic E-state index is 11.1. The van der Waals surface area contributed by atoms with E-state index in [1.165, 1.54) is 5.69 Å². The Kier molecular flexibility index (Phi) is 4.81. The minimum atomic E-state index is -0.934. The predicted octanol–water partition coefficient (Wildman–Crippen LogP) is 3.96. The molecule has 1 fully saturated rings. The largest absolute Gasteiger partial charge is 0.465 e. The second-order valence-corrected chi connectivity index (χ2v) is 7.68. The van der Waals surface area contributed by atoms with E-state index in [2.05, 4.69) is 59.1 Å². The van der Waals surface area contributed by atoms with Gasteiger partial charge in [-0.3, -0.25) is 0 Å². The van der Waals surface area contributed by atoms with Gasteiger partial charge >= 0.3 is 6.09 Å². The summed E-state index contributed by atoms with van der Waals surface area (Å²) < 4.78 is 1.07. The Morgan fingerprint density at radius 2 is 2.19 bits per heavy atom. The van der Waals surface area contributed by atoms with E-state index in [1.54, 1.807) is 0 Å². The Morgan fingerprint density at radius 3 is 2.76 bits per heavy atom. The lowest BCUT2D eigenvalue weighted by atomic mass is 9.78. The van der Waals surface area contributed by atoms with E-state index in [0.717, 1.165) is 24.0 Å². The lowest BCUT2D eigenvalue weighted by Crippen LogP contribution is -2.48. The topological polar surface area (TPSA) is 52.6 Å². The first-order valence-corrected chi connectivity index (χ1v) is 8.06. The summed E-state index contributed by atoms with van der Waals surface area (Å²) in [6.45, 7) is 8.13. The molecule has 21 heavy (non-hydrogen) atoms. The lowest BCUT2D eigenvalue weighted by molar-refractivity contribution is 0.157. The molecular formula is C16H23BrN2O2. The van der Waals surface area contributed by atoms with Crippen LogP contribution in [0.3, 0.4) is 0 Å². The van der Waals surface area contributed by atoms with Crippen LogP contribution in [0.25, 0.3) is 0 Å². The van der Waals surface area contributed by atoms with Gasteiger partial charge in [0.15, 0.2) is 0 Å². The van der Waals surface area contributed by atoms with Crippen LogP contribution in [-0.2, 0) is 0 Å². The first-order valence-electron chi connectivity index (χ1n) is 7.27. The molecule has 2 unspecified atom stereocenters. The monoisotopic (exact) mass is 354 g/mol. The molecule has 0 aliphatic carbocycles. The van der Waals surface area contributed by atoms with Crippen LogP contribution >= 0.6 is 15.9 Å². The molecule has 5 heteroatoms. The Bertz CT molecular complexity index is 513. The van der Waals surface area contributed by atoms with Crippen LogP contribution in [0, 0.1) is 11.3 Å². The molecule has 1 heterocycles. The molecule has 116 valence electrons. The van der Waals surface area contributed by atoms with Gasteiger partial charge in [0.05, 0.1) is 0 Å². The van der Waals surface area contributed by atoms with Gasteiger partial charge in [-0.1, -0.05) is 42.8 Å². The van der Waals surface area contributed by atoms with Gasteiger partial charge in [-0.2, -0.15) is 0 Å². The number of carbonyl (C=O) groups is 1. The molecule has 1 aliphatic heterocycles. The van der Waals surface area contributed by atoms with Crippen molar-refractivity contribution in [3.63, 3.8) is 0 Å². The highest BCUT2D eigenvalue weighted by atomic mass is 79.9. The number of amides is 1. The van der Waals surface area contributed by atoms with E-state index in [9.17, 15) is 4.79 Å². The molecule has 0 spiro atoms. The van der Waals surface area contributed by atoms with Crippen LogP contribution in [0.5, 0.6) is 0 Å². The summed E-state index contributed by atoms with van der Waals surface area (Å²) in [5, 5.41) is 11.8. The Balaban J connectivity index is 2.11. The van der Waals surface area contributed by atoms with Crippen molar-refractivity contribution in [2.24, 2.45) is 11.3 Å². The van der Waals surface area contributed by atoms with Crippen molar-refractivity contribution in [1.82, 2.24) is 5.32 Å². The lowest BCUT2D eigenvalue weighted by Gasteiger charge is -2.35. The average Bonchev–Trinajstić information content (AvgIpc) is 2.83. The summed E-state index contributed by atoms with van der Waals surface area (Å²) in [6, 6.07) is 8.22. The smallest absolute Gasteiger partial charge is 0.404 e. The maximum Gasteiger partial charge on any atom is 0.404 e. The van der Waals surface area contributed by atoms with E-state index in [-0.39, 0.29) is 11.5 Å². The molecule has 1 saturated heterocycles. The quantitative estimate of drug-likeness (QED) is 0.863. The van der Waals surface area contributed by atoms with Gasteiger partial charge in [-0.25, -0.2) is 4.79 Å². The van der Waals surface area contributed by atoms with E-state index < -0.39 is 6.09 Å². The molecule has 1 amide bonds. The molecular weight excluding hydrogens is 332 g/mol. The molecule has 1 aromatic carbocycles. The molecule has 1 aromatic rings. The highest BCUT2D eigenvalue weighted by molar-refractivity contribution is 9.10. The maximum atomic E-state index is 11.1. The van der Waals surface area contributed by atoms with Crippen LogP contribution in [0.1, 0.15) is 27.2 Å². The van der Waals surface area contributed by atoms with Crippen LogP contribution in [-0.4, -0.2) is 30.3 Å². The van der Waals surface area contributed by atoms with Crippen LogP contribution in [0.2, 0.25) is 0 Å². The van der Waals surface area contributed by atoms with Crippen LogP contribution < -0.4 is 10.2 Å². The third kappa shape index (κ3) is 4.13. The van der Waals surface area contributed by atoms with E-state index in [4.69, 9.17) is 5.11 Å². The third-order valence-corrected chi connectivity index (χ3v) is 4.57. The molecule has 1 aliphatic rings. The van der Waals surface area contributed by atoms with Gasteiger partial charge in [-0.15, -0.1) is 0 Å². The molecule has 2 rings (SSSR count). The fourth-order valence-electron chi connectivity index (χ4n) is 3.14. The number of hydrogen-bond acceptors (Lipinski definition) is 2. The van der Waals surface area contributed by atoms with Crippen molar-refractivity contribution < 1.29 is 9.90 Å². The van der Waals surface area contributed by atoms with Crippen LogP contribution in [0.4, 0.5) is 10.5 Å². The van der Waals surface area contributed by atoms with Crippen molar-refractivity contribution in [3.05, 3.63) is 28.7 Å². The minimum Gasteiger partial charge on any atom is -0.465 e. The number of hydrogen-bond donors (Lipinski definition) is 2. The zero-order valence-corrected chi connectivity index (χ0v) is 14.4. The van der Waals surface area contributed by atoms with Gasteiger partial charge in [0.25, 0.3) is 0 Å². The highest BCUT2D eigenvalue weighted by Crippen LogP contribution is 2.33. The number of benzene rings is 1. The summed E-state index contributed by atoms with van der Waals surface area (Å²) >= 11 is 3.50. The predicted molar refractivity (Wildman–Crippen MR) is 88.9 cm³/mol. The summed E-state index contributed by atoms with van der Waals surface area (Å²) in [5.41, 5.74) is 1.10. The molecule has 0 aromatic heterocycles. The average molecular weight is 355 g/mol. The second kappa shape index (κ2) is 6.26. The SMILES string of the molecule is CC(C)(C)C(NC(=O)O)C1CCN(c2cccc(Br)c2)C1. The zero-order chi connectivity index (χ0) is 15.6. The Labute approximate surface area is 134 Å².